The van der Waals surface area contributed by atoms with E-state index >= 15 is 0 Å². The summed E-state index contributed by atoms with van der Waals surface area (Å²) in [5.74, 6) is 0.948. The molecule has 118 valence electrons. The minimum atomic E-state index is -0.120. The lowest BCUT2D eigenvalue weighted by Gasteiger charge is -2.30. The van der Waals surface area contributed by atoms with E-state index < -0.39 is 0 Å². The largest absolute Gasteiger partial charge is 0.426 e. The Morgan fingerprint density at radius 3 is 2.17 bits per heavy atom. The Morgan fingerprint density at radius 2 is 1.57 bits per heavy atom. The monoisotopic (exact) mass is 306 g/mol. The molecule has 2 atom stereocenters. The number of hydrogen-bond donors (Lipinski definition) is 0. The average Bonchev–Trinajstić information content (AvgIpc) is 2.58. The molecule has 0 amide bonds. The highest BCUT2D eigenvalue weighted by Gasteiger charge is 2.35. The van der Waals surface area contributed by atoms with Crippen LogP contribution in [0.5, 0.6) is 0 Å². The number of allylic oxidation sites excluding steroid dienone is 1. The predicted molar refractivity (Wildman–Crippen MR) is 92.6 cm³/mol. The number of carbonyl (C=O) groups excluding carboxylic acids is 1. The molecule has 0 saturated heterocycles. The highest BCUT2D eigenvalue weighted by atomic mass is 16.5. The van der Waals surface area contributed by atoms with Crippen LogP contribution in [0.25, 0.3) is 5.76 Å². The van der Waals surface area contributed by atoms with Crippen molar-refractivity contribution in [3.63, 3.8) is 0 Å². The van der Waals surface area contributed by atoms with Crippen LogP contribution in [0.15, 0.2) is 66.7 Å². The summed E-state index contributed by atoms with van der Waals surface area (Å²) in [7, 11) is 0. The number of carbonyl (C=O) groups is 1. The third-order valence-electron chi connectivity index (χ3n) is 4.25. The lowest BCUT2D eigenvalue weighted by molar-refractivity contribution is -0.143. The van der Waals surface area contributed by atoms with Crippen molar-refractivity contribution >= 4 is 11.7 Å². The lowest BCUT2D eigenvalue weighted by Crippen LogP contribution is -2.29. The zero-order valence-electron chi connectivity index (χ0n) is 13.6. The maximum absolute atomic E-state index is 12.6. The highest BCUT2D eigenvalue weighted by Crippen LogP contribution is 2.39. The molecule has 0 fully saturated rings. The first kappa shape index (κ1) is 15.5. The third kappa shape index (κ3) is 3.53. The second kappa shape index (κ2) is 6.82. The zero-order chi connectivity index (χ0) is 16.2. The first-order valence-corrected chi connectivity index (χ1v) is 8.19. The van der Waals surface area contributed by atoms with Gasteiger partial charge in [0.05, 0.1) is 5.92 Å². The van der Waals surface area contributed by atoms with E-state index in [-0.39, 0.29) is 17.8 Å². The Hall–Kier alpha value is -2.35. The van der Waals surface area contributed by atoms with E-state index in [0.29, 0.717) is 11.7 Å². The van der Waals surface area contributed by atoms with Gasteiger partial charge in [0.1, 0.15) is 5.76 Å². The second-order valence-electron chi connectivity index (χ2n) is 6.49. The maximum atomic E-state index is 12.6. The molecular weight excluding hydrogens is 284 g/mol. The molecule has 0 unspecified atom stereocenters. The van der Waals surface area contributed by atoms with Gasteiger partial charge in [0.2, 0.25) is 0 Å². The minimum absolute atomic E-state index is 0.0649. The van der Waals surface area contributed by atoms with Crippen LogP contribution in [0.4, 0.5) is 0 Å². The van der Waals surface area contributed by atoms with Crippen LogP contribution >= 0.6 is 0 Å². The van der Waals surface area contributed by atoms with E-state index in [4.69, 9.17) is 4.74 Å². The lowest BCUT2D eigenvalue weighted by atomic mass is 9.79. The van der Waals surface area contributed by atoms with E-state index in [0.717, 1.165) is 12.0 Å². The summed E-state index contributed by atoms with van der Waals surface area (Å²) in [6.45, 7) is 4.29. The number of ether oxygens (including phenoxy) is 1. The predicted octanol–water partition coefficient (Wildman–Crippen LogP) is 5.03. The molecule has 1 aliphatic heterocycles. The quantitative estimate of drug-likeness (QED) is 0.740. The number of cyclic esters (lactones) is 1. The molecule has 3 rings (SSSR count). The van der Waals surface area contributed by atoms with E-state index in [2.05, 4.69) is 32.1 Å². The smallest absolute Gasteiger partial charge is 0.315 e. The van der Waals surface area contributed by atoms with Crippen LogP contribution in [-0.4, -0.2) is 5.97 Å². The molecule has 0 saturated carbocycles. The fourth-order valence-corrected chi connectivity index (χ4v) is 3.16. The molecule has 2 nitrogen and oxygen atoms in total. The summed E-state index contributed by atoms with van der Waals surface area (Å²) in [4.78, 5) is 12.6. The summed E-state index contributed by atoms with van der Waals surface area (Å²) in [6, 6.07) is 20.1. The first-order valence-electron chi connectivity index (χ1n) is 8.19. The Balaban J connectivity index is 2.02. The summed E-state index contributed by atoms with van der Waals surface area (Å²) < 4.78 is 5.66. The molecule has 23 heavy (non-hydrogen) atoms. The first-order chi connectivity index (χ1) is 11.1. The Morgan fingerprint density at radius 1 is 0.957 bits per heavy atom. The van der Waals surface area contributed by atoms with Gasteiger partial charge in [-0.3, -0.25) is 4.79 Å². The van der Waals surface area contributed by atoms with Gasteiger partial charge in [-0.15, -0.1) is 0 Å². The van der Waals surface area contributed by atoms with Crippen LogP contribution < -0.4 is 0 Å². The molecule has 0 spiro atoms. The highest BCUT2D eigenvalue weighted by molar-refractivity contribution is 5.84. The van der Waals surface area contributed by atoms with Gasteiger partial charge in [-0.05, 0) is 24.0 Å². The molecule has 0 aliphatic carbocycles. The van der Waals surface area contributed by atoms with Crippen molar-refractivity contribution in [1.82, 2.24) is 0 Å². The molecule has 1 heterocycles. The fraction of sp³-hybridized carbons (Fsp3) is 0.286. The zero-order valence-corrected chi connectivity index (χ0v) is 13.6. The van der Waals surface area contributed by atoms with Crippen molar-refractivity contribution in [2.75, 3.05) is 0 Å². The minimum Gasteiger partial charge on any atom is -0.426 e. The molecule has 0 N–H and O–H groups in total. The maximum Gasteiger partial charge on any atom is 0.315 e. The average molecular weight is 306 g/mol. The summed E-state index contributed by atoms with van der Waals surface area (Å²) in [6.07, 6.45) is 2.94. The molecule has 1 aliphatic rings. The number of rotatable bonds is 4. The van der Waals surface area contributed by atoms with Gasteiger partial charge in [-0.1, -0.05) is 74.5 Å². The van der Waals surface area contributed by atoms with E-state index in [1.807, 2.05) is 48.5 Å². The Bertz CT molecular complexity index is 686. The van der Waals surface area contributed by atoms with Crippen LogP contribution in [0.3, 0.4) is 0 Å². The number of esters is 1. The van der Waals surface area contributed by atoms with Gasteiger partial charge in [-0.25, -0.2) is 0 Å². The topological polar surface area (TPSA) is 26.3 Å². The van der Waals surface area contributed by atoms with Gasteiger partial charge >= 0.3 is 5.97 Å². The van der Waals surface area contributed by atoms with Gasteiger partial charge in [-0.2, -0.15) is 0 Å². The fourth-order valence-electron chi connectivity index (χ4n) is 3.16. The van der Waals surface area contributed by atoms with E-state index in [9.17, 15) is 4.79 Å². The van der Waals surface area contributed by atoms with Crippen molar-refractivity contribution in [2.45, 2.75) is 26.2 Å². The SMILES string of the molecule is CC(C)C[C@H]1C(=O)OC(c2ccccc2)=C[C@@H]1c1ccccc1. The van der Waals surface area contributed by atoms with E-state index in [1.165, 1.54) is 5.56 Å². The third-order valence-corrected chi connectivity index (χ3v) is 4.25. The van der Waals surface area contributed by atoms with Crippen LogP contribution in [0.1, 0.15) is 37.3 Å². The summed E-state index contributed by atoms with van der Waals surface area (Å²) in [5, 5.41) is 0. The van der Waals surface area contributed by atoms with Gasteiger partial charge in [0, 0.05) is 11.5 Å². The van der Waals surface area contributed by atoms with Crippen LogP contribution in [-0.2, 0) is 9.53 Å². The van der Waals surface area contributed by atoms with Crippen LogP contribution in [0, 0.1) is 11.8 Å². The molecule has 2 aromatic rings. The summed E-state index contributed by atoms with van der Waals surface area (Å²) >= 11 is 0. The number of benzene rings is 2. The van der Waals surface area contributed by atoms with Crippen molar-refractivity contribution in [2.24, 2.45) is 11.8 Å². The molecule has 0 aromatic heterocycles. The second-order valence-corrected chi connectivity index (χ2v) is 6.49. The molecule has 2 aromatic carbocycles. The standard InChI is InChI=1S/C21H22O2/c1-15(2)13-19-18(16-9-5-3-6-10-16)14-20(23-21(19)22)17-11-7-4-8-12-17/h3-12,14-15,18-19H,13H2,1-2H3/t18-,19-/m1/s1. The van der Waals surface area contributed by atoms with Gasteiger partial charge in [0.15, 0.2) is 0 Å². The molecule has 2 heteroatoms. The van der Waals surface area contributed by atoms with Crippen molar-refractivity contribution in [3.05, 3.63) is 77.9 Å². The molecule has 0 bridgehead atoms. The Labute approximate surface area is 137 Å². The van der Waals surface area contributed by atoms with Gasteiger partial charge < -0.3 is 4.74 Å². The molecule has 0 radical (unpaired) electrons. The number of hydrogen-bond acceptors (Lipinski definition) is 2. The molecular formula is C21H22O2. The Kier molecular flexibility index (Phi) is 4.61. The normalized spacial score (nSPS) is 21.0. The van der Waals surface area contributed by atoms with Crippen molar-refractivity contribution in [1.29, 1.82) is 0 Å². The van der Waals surface area contributed by atoms with Crippen molar-refractivity contribution < 1.29 is 9.53 Å². The van der Waals surface area contributed by atoms with Crippen LogP contribution in [0.2, 0.25) is 0 Å². The van der Waals surface area contributed by atoms with E-state index in [1.54, 1.807) is 0 Å². The van der Waals surface area contributed by atoms with Crippen molar-refractivity contribution in [3.8, 4) is 0 Å². The van der Waals surface area contributed by atoms with Gasteiger partial charge in [0.25, 0.3) is 0 Å². The summed E-state index contributed by atoms with van der Waals surface area (Å²) in [5.41, 5.74) is 2.12.